The average Bonchev–Trinajstić information content (AvgIpc) is 2.27. The lowest BCUT2D eigenvalue weighted by atomic mass is 10.2. The Morgan fingerprint density at radius 3 is 2.71 bits per heavy atom. The van der Waals surface area contributed by atoms with Crippen molar-refractivity contribution in [2.75, 3.05) is 13.6 Å². The number of halogens is 2. The van der Waals surface area contributed by atoms with Crippen LogP contribution < -0.4 is 5.32 Å². The van der Waals surface area contributed by atoms with Crippen LogP contribution in [-0.2, 0) is 5.75 Å². The number of hydrogen-bond acceptors (Lipinski definition) is 3. The third-order valence-electron chi connectivity index (χ3n) is 2.44. The van der Waals surface area contributed by atoms with Crippen LogP contribution in [0.25, 0.3) is 0 Å². The highest BCUT2D eigenvalue weighted by atomic mass is 35.5. The number of hydrogen-bond donors (Lipinski definition) is 2. The second-order valence-corrected chi connectivity index (χ2v) is 5.92. The SMILES string of the molecule is CNCC(C)C(O)SCc1ccc(Cl)cc1Cl. The second-order valence-electron chi connectivity index (χ2n) is 3.97. The van der Waals surface area contributed by atoms with E-state index >= 15 is 0 Å². The lowest BCUT2D eigenvalue weighted by molar-refractivity contribution is 0.201. The molecular weight excluding hydrogens is 277 g/mol. The minimum absolute atomic E-state index is 0.205. The van der Waals surface area contributed by atoms with Gasteiger partial charge in [0.1, 0.15) is 5.44 Å². The van der Waals surface area contributed by atoms with Gasteiger partial charge in [0, 0.05) is 28.3 Å². The van der Waals surface area contributed by atoms with Crippen molar-refractivity contribution in [3.8, 4) is 0 Å². The molecule has 2 atom stereocenters. The Morgan fingerprint density at radius 2 is 2.12 bits per heavy atom. The standard InChI is InChI=1S/C12H17Cl2NOS/c1-8(6-15-2)12(16)17-7-9-3-4-10(13)5-11(9)14/h3-5,8,12,15-16H,6-7H2,1-2H3. The summed E-state index contributed by atoms with van der Waals surface area (Å²) >= 11 is 13.4. The molecule has 2 unspecified atom stereocenters. The summed E-state index contributed by atoms with van der Waals surface area (Å²) in [6, 6.07) is 5.43. The molecule has 5 heteroatoms. The van der Waals surface area contributed by atoms with Crippen molar-refractivity contribution in [2.45, 2.75) is 18.1 Å². The fraction of sp³-hybridized carbons (Fsp3) is 0.500. The molecule has 2 nitrogen and oxygen atoms in total. The third-order valence-corrected chi connectivity index (χ3v) is 4.31. The normalized spacial score (nSPS) is 14.6. The van der Waals surface area contributed by atoms with Crippen molar-refractivity contribution in [1.82, 2.24) is 5.32 Å². The lowest BCUT2D eigenvalue weighted by Gasteiger charge is -2.18. The molecule has 0 bridgehead atoms. The Hall–Kier alpha value is 0.0700. The summed E-state index contributed by atoms with van der Waals surface area (Å²) in [7, 11) is 1.88. The first-order chi connectivity index (χ1) is 8.04. The molecular formula is C12H17Cl2NOS. The molecule has 0 aromatic heterocycles. The molecule has 0 saturated carbocycles. The van der Waals surface area contributed by atoms with Gasteiger partial charge in [-0.3, -0.25) is 0 Å². The minimum atomic E-state index is -0.394. The summed E-state index contributed by atoms with van der Waals surface area (Å²) in [5.41, 5.74) is 0.603. The van der Waals surface area contributed by atoms with E-state index in [2.05, 4.69) is 5.32 Å². The zero-order chi connectivity index (χ0) is 12.8. The summed E-state index contributed by atoms with van der Waals surface area (Å²) in [6.45, 7) is 2.81. The van der Waals surface area contributed by atoms with Gasteiger partial charge in [-0.05, 0) is 24.7 Å². The number of thioether (sulfide) groups is 1. The van der Waals surface area contributed by atoms with Crippen molar-refractivity contribution in [3.05, 3.63) is 33.8 Å². The molecule has 0 saturated heterocycles. The van der Waals surface area contributed by atoms with Gasteiger partial charge in [-0.25, -0.2) is 0 Å². The van der Waals surface area contributed by atoms with Crippen LogP contribution in [0.15, 0.2) is 18.2 Å². The summed E-state index contributed by atoms with van der Waals surface area (Å²) in [5, 5.41) is 14.2. The van der Waals surface area contributed by atoms with E-state index in [0.29, 0.717) is 15.8 Å². The molecule has 0 spiro atoms. The predicted molar refractivity (Wildman–Crippen MR) is 76.9 cm³/mol. The quantitative estimate of drug-likeness (QED) is 0.789. The number of aliphatic hydroxyl groups is 1. The first-order valence-corrected chi connectivity index (χ1v) is 7.23. The van der Waals surface area contributed by atoms with E-state index in [1.807, 2.05) is 26.1 Å². The van der Waals surface area contributed by atoms with Crippen LogP contribution >= 0.6 is 35.0 Å². The molecule has 0 aliphatic heterocycles. The number of rotatable bonds is 6. The highest BCUT2D eigenvalue weighted by Crippen LogP contribution is 2.27. The van der Waals surface area contributed by atoms with Gasteiger partial charge in [-0.1, -0.05) is 36.2 Å². The molecule has 17 heavy (non-hydrogen) atoms. The molecule has 0 aliphatic carbocycles. The molecule has 1 rings (SSSR count). The average molecular weight is 294 g/mol. The first kappa shape index (κ1) is 15.1. The van der Waals surface area contributed by atoms with Gasteiger partial charge in [0.25, 0.3) is 0 Å². The van der Waals surface area contributed by atoms with Gasteiger partial charge in [0.05, 0.1) is 0 Å². The van der Waals surface area contributed by atoms with Gasteiger partial charge in [-0.2, -0.15) is 0 Å². The van der Waals surface area contributed by atoms with E-state index in [1.165, 1.54) is 11.8 Å². The van der Waals surface area contributed by atoms with Crippen molar-refractivity contribution in [1.29, 1.82) is 0 Å². The molecule has 0 aliphatic rings. The van der Waals surface area contributed by atoms with Gasteiger partial charge >= 0.3 is 0 Å². The van der Waals surface area contributed by atoms with E-state index < -0.39 is 5.44 Å². The monoisotopic (exact) mass is 293 g/mol. The van der Waals surface area contributed by atoms with Crippen LogP contribution in [0.2, 0.25) is 10.0 Å². The minimum Gasteiger partial charge on any atom is -0.382 e. The zero-order valence-corrected chi connectivity index (χ0v) is 12.2. The summed E-state index contributed by atoms with van der Waals surface area (Å²) in [6.07, 6.45) is 0. The summed E-state index contributed by atoms with van der Waals surface area (Å²) in [4.78, 5) is 0. The maximum absolute atomic E-state index is 9.91. The highest BCUT2D eigenvalue weighted by Gasteiger charge is 2.14. The maximum atomic E-state index is 9.91. The van der Waals surface area contributed by atoms with Crippen molar-refractivity contribution in [2.24, 2.45) is 5.92 Å². The third kappa shape index (κ3) is 5.06. The van der Waals surface area contributed by atoms with E-state index in [9.17, 15) is 5.11 Å². The topological polar surface area (TPSA) is 32.3 Å². The largest absolute Gasteiger partial charge is 0.382 e. The van der Waals surface area contributed by atoms with Crippen LogP contribution in [0.3, 0.4) is 0 Å². The zero-order valence-electron chi connectivity index (χ0n) is 9.91. The van der Waals surface area contributed by atoms with Gasteiger partial charge in [0.2, 0.25) is 0 Å². The van der Waals surface area contributed by atoms with Crippen molar-refractivity contribution >= 4 is 35.0 Å². The van der Waals surface area contributed by atoms with Crippen LogP contribution in [0.5, 0.6) is 0 Å². The Morgan fingerprint density at radius 1 is 1.41 bits per heavy atom. The molecule has 1 aromatic rings. The van der Waals surface area contributed by atoms with Gasteiger partial charge < -0.3 is 10.4 Å². The molecule has 96 valence electrons. The predicted octanol–water partition coefficient (Wildman–Crippen LogP) is 3.40. The van der Waals surface area contributed by atoms with Crippen LogP contribution in [0.1, 0.15) is 12.5 Å². The number of aliphatic hydroxyl groups excluding tert-OH is 1. The molecule has 2 N–H and O–H groups in total. The number of benzene rings is 1. The van der Waals surface area contributed by atoms with Crippen LogP contribution in [-0.4, -0.2) is 24.1 Å². The first-order valence-electron chi connectivity index (χ1n) is 5.42. The van der Waals surface area contributed by atoms with Crippen molar-refractivity contribution < 1.29 is 5.11 Å². The van der Waals surface area contributed by atoms with Crippen LogP contribution in [0, 0.1) is 5.92 Å². The van der Waals surface area contributed by atoms with E-state index in [1.54, 1.807) is 6.07 Å². The molecule has 0 heterocycles. The smallest absolute Gasteiger partial charge is 0.103 e. The Bertz CT molecular complexity index is 362. The Balaban J connectivity index is 2.49. The second kappa shape index (κ2) is 7.49. The van der Waals surface area contributed by atoms with E-state index in [0.717, 1.165) is 12.1 Å². The Kier molecular flexibility index (Phi) is 6.67. The van der Waals surface area contributed by atoms with Gasteiger partial charge in [-0.15, -0.1) is 11.8 Å². The molecule has 1 aromatic carbocycles. The fourth-order valence-electron chi connectivity index (χ4n) is 1.40. The maximum Gasteiger partial charge on any atom is 0.103 e. The lowest BCUT2D eigenvalue weighted by Crippen LogP contribution is -2.25. The van der Waals surface area contributed by atoms with E-state index in [-0.39, 0.29) is 5.92 Å². The summed E-state index contributed by atoms with van der Waals surface area (Å²) < 4.78 is 0. The number of nitrogens with one attached hydrogen (secondary N) is 1. The molecule has 0 amide bonds. The van der Waals surface area contributed by atoms with Gasteiger partial charge in [0.15, 0.2) is 0 Å². The highest BCUT2D eigenvalue weighted by molar-refractivity contribution is 7.98. The van der Waals surface area contributed by atoms with E-state index in [4.69, 9.17) is 23.2 Å². The fourth-order valence-corrected chi connectivity index (χ4v) is 2.98. The van der Waals surface area contributed by atoms with Crippen LogP contribution in [0.4, 0.5) is 0 Å². The summed E-state index contributed by atoms with van der Waals surface area (Å²) in [5.74, 6) is 0.890. The molecule has 0 fully saturated rings. The van der Waals surface area contributed by atoms with Crippen molar-refractivity contribution in [3.63, 3.8) is 0 Å². The Labute approximate surface area is 117 Å². The molecule has 0 radical (unpaired) electrons.